The molecule has 0 spiro atoms. The standard InChI is InChI=1S/C27H29FN6/c1-2-19-13-15-32(18-19)26-10-4-8-22(30-26)24-17-29-25-11-12-27(31-34(24)25)33-14-5-9-23(33)20-6-3-7-21(28)16-20/h3-4,6-8,10-12,16-17,19,23H,2,5,9,13-15,18H2,1H3/t19-,23?/m1/s1. The summed E-state index contributed by atoms with van der Waals surface area (Å²) < 4.78 is 15.8. The van der Waals surface area contributed by atoms with Crippen LogP contribution >= 0.6 is 0 Å². The van der Waals surface area contributed by atoms with E-state index in [1.807, 2.05) is 35.0 Å². The fourth-order valence-corrected chi connectivity index (χ4v) is 5.41. The molecule has 1 unspecified atom stereocenters. The summed E-state index contributed by atoms with van der Waals surface area (Å²) in [5.41, 5.74) is 3.54. The van der Waals surface area contributed by atoms with Gasteiger partial charge in [0.15, 0.2) is 5.65 Å². The smallest absolute Gasteiger partial charge is 0.154 e. The average Bonchev–Trinajstić information content (AvgIpc) is 3.63. The normalized spacial score (nSPS) is 20.5. The van der Waals surface area contributed by atoms with Crippen molar-refractivity contribution in [3.63, 3.8) is 0 Å². The van der Waals surface area contributed by atoms with E-state index in [0.29, 0.717) is 0 Å². The molecule has 1 aromatic carbocycles. The molecular weight excluding hydrogens is 427 g/mol. The van der Waals surface area contributed by atoms with Gasteiger partial charge in [-0.3, -0.25) is 0 Å². The van der Waals surface area contributed by atoms with Crippen LogP contribution < -0.4 is 9.80 Å². The molecular formula is C27H29FN6. The van der Waals surface area contributed by atoms with Crippen LogP contribution in [0.1, 0.15) is 44.2 Å². The van der Waals surface area contributed by atoms with E-state index in [0.717, 1.165) is 72.6 Å². The van der Waals surface area contributed by atoms with Crippen molar-refractivity contribution in [2.45, 2.75) is 38.6 Å². The van der Waals surface area contributed by atoms with Gasteiger partial charge in [0.05, 0.1) is 17.9 Å². The van der Waals surface area contributed by atoms with E-state index in [1.54, 1.807) is 12.1 Å². The fourth-order valence-electron chi connectivity index (χ4n) is 5.41. The first-order chi connectivity index (χ1) is 16.7. The van der Waals surface area contributed by atoms with Crippen molar-refractivity contribution in [2.24, 2.45) is 5.92 Å². The second kappa shape index (κ2) is 8.70. The van der Waals surface area contributed by atoms with Gasteiger partial charge in [-0.25, -0.2) is 18.9 Å². The van der Waals surface area contributed by atoms with Crippen LogP contribution in [-0.4, -0.2) is 39.2 Å². The Morgan fingerprint density at radius 2 is 1.91 bits per heavy atom. The second-order valence-electron chi connectivity index (χ2n) is 9.40. The zero-order valence-electron chi connectivity index (χ0n) is 19.4. The molecule has 0 bridgehead atoms. The van der Waals surface area contributed by atoms with Gasteiger partial charge in [0.2, 0.25) is 0 Å². The molecule has 2 aliphatic heterocycles. The van der Waals surface area contributed by atoms with E-state index in [2.05, 4.69) is 33.8 Å². The maximum atomic E-state index is 13.9. The molecule has 0 amide bonds. The molecule has 34 heavy (non-hydrogen) atoms. The first-order valence-electron chi connectivity index (χ1n) is 12.3. The molecule has 7 heteroatoms. The lowest BCUT2D eigenvalue weighted by atomic mass is 10.0. The van der Waals surface area contributed by atoms with Gasteiger partial charge < -0.3 is 9.80 Å². The Morgan fingerprint density at radius 3 is 2.76 bits per heavy atom. The first-order valence-corrected chi connectivity index (χ1v) is 12.3. The van der Waals surface area contributed by atoms with Crippen LogP contribution in [-0.2, 0) is 0 Å². The van der Waals surface area contributed by atoms with Gasteiger partial charge in [0.25, 0.3) is 0 Å². The van der Waals surface area contributed by atoms with Gasteiger partial charge >= 0.3 is 0 Å². The van der Waals surface area contributed by atoms with Crippen molar-refractivity contribution in [3.8, 4) is 11.4 Å². The predicted molar refractivity (Wildman–Crippen MR) is 133 cm³/mol. The first kappa shape index (κ1) is 21.1. The molecule has 2 saturated heterocycles. The summed E-state index contributed by atoms with van der Waals surface area (Å²) >= 11 is 0. The van der Waals surface area contributed by atoms with Crippen LogP contribution in [0.15, 0.2) is 60.8 Å². The van der Waals surface area contributed by atoms with Crippen LogP contribution in [0.4, 0.5) is 16.0 Å². The summed E-state index contributed by atoms with van der Waals surface area (Å²) in [7, 11) is 0. The predicted octanol–water partition coefficient (Wildman–Crippen LogP) is 5.51. The number of benzene rings is 1. The summed E-state index contributed by atoms with van der Waals surface area (Å²) in [5.74, 6) is 2.45. The highest BCUT2D eigenvalue weighted by atomic mass is 19.1. The summed E-state index contributed by atoms with van der Waals surface area (Å²) in [5, 5.41) is 4.98. The zero-order chi connectivity index (χ0) is 23.1. The second-order valence-corrected chi connectivity index (χ2v) is 9.40. The van der Waals surface area contributed by atoms with Crippen molar-refractivity contribution in [2.75, 3.05) is 29.4 Å². The highest BCUT2D eigenvalue weighted by Crippen LogP contribution is 2.36. The van der Waals surface area contributed by atoms with Crippen LogP contribution in [0, 0.1) is 11.7 Å². The minimum atomic E-state index is -0.195. The van der Waals surface area contributed by atoms with Crippen molar-refractivity contribution in [1.29, 1.82) is 0 Å². The number of fused-ring (bicyclic) bond motifs is 1. The minimum Gasteiger partial charge on any atom is -0.356 e. The number of halogens is 1. The molecule has 2 aliphatic rings. The van der Waals surface area contributed by atoms with E-state index < -0.39 is 0 Å². The van der Waals surface area contributed by atoms with Crippen molar-refractivity contribution in [3.05, 3.63) is 72.2 Å². The Bertz CT molecular complexity index is 1320. The van der Waals surface area contributed by atoms with Gasteiger partial charge in [-0.2, -0.15) is 0 Å². The highest BCUT2D eigenvalue weighted by molar-refractivity contribution is 5.62. The molecule has 0 radical (unpaired) electrons. The Hall–Kier alpha value is -3.48. The minimum absolute atomic E-state index is 0.121. The molecule has 6 rings (SSSR count). The highest BCUT2D eigenvalue weighted by Gasteiger charge is 2.28. The third-order valence-corrected chi connectivity index (χ3v) is 7.31. The number of pyridine rings is 1. The topological polar surface area (TPSA) is 49.6 Å². The van der Waals surface area contributed by atoms with E-state index in [1.165, 1.54) is 18.9 Å². The molecule has 2 atom stereocenters. The molecule has 6 nitrogen and oxygen atoms in total. The molecule has 0 aliphatic carbocycles. The van der Waals surface area contributed by atoms with E-state index in [4.69, 9.17) is 10.1 Å². The van der Waals surface area contributed by atoms with Crippen LogP contribution in [0.2, 0.25) is 0 Å². The van der Waals surface area contributed by atoms with E-state index >= 15 is 0 Å². The van der Waals surface area contributed by atoms with Gasteiger partial charge in [0.1, 0.15) is 23.1 Å². The fraction of sp³-hybridized carbons (Fsp3) is 0.370. The Morgan fingerprint density at radius 1 is 1.00 bits per heavy atom. The van der Waals surface area contributed by atoms with Crippen molar-refractivity contribution in [1.82, 2.24) is 19.6 Å². The van der Waals surface area contributed by atoms with E-state index in [-0.39, 0.29) is 11.9 Å². The Labute approximate surface area is 199 Å². The van der Waals surface area contributed by atoms with Crippen molar-refractivity contribution < 1.29 is 4.39 Å². The Kier molecular flexibility index (Phi) is 5.40. The van der Waals surface area contributed by atoms with Gasteiger partial charge in [-0.15, -0.1) is 5.10 Å². The van der Waals surface area contributed by atoms with Crippen LogP contribution in [0.5, 0.6) is 0 Å². The van der Waals surface area contributed by atoms with Crippen LogP contribution in [0.25, 0.3) is 17.0 Å². The van der Waals surface area contributed by atoms with Gasteiger partial charge in [-0.05, 0) is 67.1 Å². The molecule has 0 N–H and O–H groups in total. The number of anilines is 2. The van der Waals surface area contributed by atoms with Gasteiger partial charge in [0, 0.05) is 19.6 Å². The molecule has 2 fully saturated rings. The number of aromatic nitrogens is 4. The molecule has 5 heterocycles. The summed E-state index contributed by atoms with van der Waals surface area (Å²) in [4.78, 5) is 14.2. The Balaban J connectivity index is 1.34. The monoisotopic (exact) mass is 456 g/mol. The molecule has 3 aromatic heterocycles. The lowest BCUT2D eigenvalue weighted by Gasteiger charge is -2.26. The zero-order valence-corrected chi connectivity index (χ0v) is 19.4. The number of imidazole rings is 1. The summed E-state index contributed by atoms with van der Waals surface area (Å²) in [6, 6.07) is 17.3. The van der Waals surface area contributed by atoms with Crippen molar-refractivity contribution >= 4 is 17.3 Å². The van der Waals surface area contributed by atoms with Crippen LogP contribution in [0.3, 0.4) is 0 Å². The number of nitrogens with zero attached hydrogens (tertiary/aromatic N) is 6. The van der Waals surface area contributed by atoms with E-state index in [9.17, 15) is 4.39 Å². The summed E-state index contributed by atoms with van der Waals surface area (Å²) in [6.07, 6.45) is 6.33. The number of hydrogen-bond acceptors (Lipinski definition) is 5. The quantitative estimate of drug-likeness (QED) is 0.396. The molecule has 4 aromatic rings. The lowest BCUT2D eigenvalue weighted by molar-refractivity contribution is 0.569. The molecule has 0 saturated carbocycles. The maximum Gasteiger partial charge on any atom is 0.154 e. The molecule has 174 valence electrons. The largest absolute Gasteiger partial charge is 0.356 e. The maximum absolute atomic E-state index is 13.9. The third-order valence-electron chi connectivity index (χ3n) is 7.31. The van der Waals surface area contributed by atoms with Gasteiger partial charge in [-0.1, -0.05) is 31.5 Å². The number of hydrogen-bond donors (Lipinski definition) is 0. The number of rotatable bonds is 5. The SMILES string of the molecule is CC[C@@H]1CCN(c2cccc(-c3cnc4ccc(N5CCCC5c5cccc(F)c5)nn34)n2)C1. The lowest BCUT2D eigenvalue weighted by Crippen LogP contribution is -2.24. The summed E-state index contributed by atoms with van der Waals surface area (Å²) in [6.45, 7) is 5.28. The average molecular weight is 457 g/mol. The third kappa shape index (κ3) is 3.79.